The van der Waals surface area contributed by atoms with Crippen molar-refractivity contribution in [2.45, 2.75) is 31.3 Å². The highest BCUT2D eigenvalue weighted by Gasteiger charge is 2.25. The van der Waals surface area contributed by atoms with E-state index in [1.807, 2.05) is 24.3 Å². The maximum absolute atomic E-state index is 12.7. The largest absolute Gasteiger partial charge is 0.480 e. The van der Waals surface area contributed by atoms with Crippen molar-refractivity contribution in [3.8, 4) is 0 Å². The van der Waals surface area contributed by atoms with Crippen molar-refractivity contribution in [2.24, 2.45) is 5.73 Å². The molecule has 0 aliphatic rings. The number of fused-ring (bicyclic) bond motifs is 1. The Morgan fingerprint density at radius 1 is 1.00 bits per heavy atom. The molecule has 1 amide bonds. The molecule has 5 N–H and O–H groups in total. The lowest BCUT2D eigenvalue weighted by molar-refractivity contribution is -0.156. The molecular formula is C24H25N3O7. The maximum Gasteiger partial charge on any atom is 0.340 e. The lowest BCUT2D eigenvalue weighted by atomic mass is 10.0. The predicted molar refractivity (Wildman–Crippen MR) is 122 cm³/mol. The van der Waals surface area contributed by atoms with E-state index in [0.29, 0.717) is 5.56 Å². The number of H-pyrrole nitrogens is 1. The molecule has 0 aliphatic heterocycles. The highest BCUT2D eigenvalue weighted by Crippen LogP contribution is 2.19. The van der Waals surface area contributed by atoms with Crippen LogP contribution in [-0.2, 0) is 30.3 Å². The molecular weight excluding hydrogens is 442 g/mol. The zero-order chi connectivity index (χ0) is 24.5. The molecule has 0 saturated heterocycles. The number of benzene rings is 2. The Bertz CT molecular complexity index is 1160. The summed E-state index contributed by atoms with van der Waals surface area (Å²) in [5, 5.41) is 12.3. The van der Waals surface area contributed by atoms with Gasteiger partial charge in [-0.15, -0.1) is 0 Å². The second kappa shape index (κ2) is 11.6. The van der Waals surface area contributed by atoms with E-state index in [1.165, 1.54) is 0 Å². The number of hydrogen-bond donors (Lipinski definition) is 4. The van der Waals surface area contributed by atoms with Crippen molar-refractivity contribution in [3.05, 3.63) is 71.9 Å². The average Bonchev–Trinajstić information content (AvgIpc) is 3.25. The monoisotopic (exact) mass is 467 g/mol. The predicted octanol–water partition coefficient (Wildman–Crippen LogP) is 1.74. The van der Waals surface area contributed by atoms with Gasteiger partial charge in [0, 0.05) is 29.9 Å². The van der Waals surface area contributed by atoms with Crippen LogP contribution in [0.2, 0.25) is 0 Å². The van der Waals surface area contributed by atoms with Gasteiger partial charge < -0.3 is 30.6 Å². The number of nitrogens with two attached hydrogens (primary N) is 1. The van der Waals surface area contributed by atoms with E-state index in [0.717, 1.165) is 16.5 Å². The fourth-order valence-corrected chi connectivity index (χ4v) is 3.29. The zero-order valence-electron chi connectivity index (χ0n) is 18.2. The molecule has 2 aromatic carbocycles. The quantitative estimate of drug-likeness (QED) is 0.245. The third-order valence-corrected chi connectivity index (χ3v) is 5.12. The Balaban J connectivity index is 1.64. The molecule has 0 saturated carbocycles. The molecule has 0 spiro atoms. The molecule has 0 aliphatic carbocycles. The van der Waals surface area contributed by atoms with Crippen LogP contribution in [0.15, 0.2) is 60.8 Å². The van der Waals surface area contributed by atoms with Gasteiger partial charge in [0.05, 0.1) is 5.56 Å². The van der Waals surface area contributed by atoms with E-state index in [2.05, 4.69) is 10.3 Å². The Labute approximate surface area is 195 Å². The summed E-state index contributed by atoms with van der Waals surface area (Å²) < 4.78 is 10.1. The lowest BCUT2D eigenvalue weighted by Gasteiger charge is -2.18. The number of rotatable bonds is 11. The molecule has 178 valence electrons. The Hall–Kier alpha value is -4.18. The van der Waals surface area contributed by atoms with Gasteiger partial charge in [-0.2, -0.15) is 0 Å². The first-order valence-corrected chi connectivity index (χ1v) is 10.6. The van der Waals surface area contributed by atoms with Gasteiger partial charge in [0.15, 0.2) is 0 Å². The average molecular weight is 467 g/mol. The van der Waals surface area contributed by atoms with Crippen LogP contribution in [0.4, 0.5) is 0 Å². The number of aliphatic carboxylic acids is 1. The van der Waals surface area contributed by atoms with E-state index in [4.69, 9.17) is 20.3 Å². The third-order valence-electron chi connectivity index (χ3n) is 5.12. The normalized spacial score (nSPS) is 12.5. The summed E-state index contributed by atoms with van der Waals surface area (Å²) in [6.45, 7) is -0.628. The standard InChI is InChI=1S/C24H25N3O7/c25-18(22(29)30)10-11-21(28)27-20(12-16-13-26-19-9-5-4-8-17(16)19)24(32)34-14-33-23(31)15-6-2-1-3-7-15/h1-9,13,18,20,26H,10-12,14,25H2,(H,27,28)(H,29,30)/t18-,20-/m1/s1. The summed E-state index contributed by atoms with van der Waals surface area (Å²) in [7, 11) is 0. The van der Waals surface area contributed by atoms with E-state index >= 15 is 0 Å². The van der Waals surface area contributed by atoms with Crippen LogP contribution < -0.4 is 11.1 Å². The molecule has 2 atom stereocenters. The SMILES string of the molecule is N[C@H](CCC(=O)N[C@H](Cc1c[nH]c2ccccc12)C(=O)OCOC(=O)c1ccccc1)C(=O)O. The fourth-order valence-electron chi connectivity index (χ4n) is 3.29. The van der Waals surface area contributed by atoms with Gasteiger partial charge in [0.25, 0.3) is 0 Å². The Morgan fingerprint density at radius 3 is 2.44 bits per heavy atom. The fraction of sp³-hybridized carbons (Fsp3) is 0.250. The first-order valence-electron chi connectivity index (χ1n) is 10.6. The van der Waals surface area contributed by atoms with Crippen LogP contribution in [-0.4, -0.2) is 52.8 Å². The van der Waals surface area contributed by atoms with Crippen molar-refractivity contribution in [3.63, 3.8) is 0 Å². The summed E-state index contributed by atoms with van der Waals surface area (Å²) in [5.41, 5.74) is 7.37. The molecule has 0 unspecified atom stereocenters. The van der Waals surface area contributed by atoms with Crippen LogP contribution in [0, 0.1) is 0 Å². The molecule has 1 aromatic heterocycles. The van der Waals surface area contributed by atoms with Gasteiger partial charge in [0.2, 0.25) is 12.7 Å². The molecule has 0 fully saturated rings. The molecule has 3 rings (SSSR count). The number of carbonyl (C=O) groups is 4. The molecule has 10 heteroatoms. The number of carboxylic acids is 1. The number of hydrogen-bond acceptors (Lipinski definition) is 7. The molecule has 3 aromatic rings. The van der Waals surface area contributed by atoms with Gasteiger partial charge in [0.1, 0.15) is 12.1 Å². The Morgan fingerprint density at radius 2 is 1.71 bits per heavy atom. The highest BCUT2D eigenvalue weighted by atomic mass is 16.7. The number of aromatic nitrogens is 1. The minimum Gasteiger partial charge on any atom is -0.480 e. The van der Waals surface area contributed by atoms with E-state index < -0.39 is 42.7 Å². The van der Waals surface area contributed by atoms with Gasteiger partial charge in [-0.05, 0) is 30.2 Å². The Kier molecular flexibility index (Phi) is 8.36. The van der Waals surface area contributed by atoms with E-state index in [1.54, 1.807) is 36.5 Å². The van der Waals surface area contributed by atoms with Crippen molar-refractivity contribution in [1.82, 2.24) is 10.3 Å². The zero-order valence-corrected chi connectivity index (χ0v) is 18.2. The summed E-state index contributed by atoms with van der Waals surface area (Å²) in [6, 6.07) is 13.4. The first-order chi connectivity index (χ1) is 16.3. The van der Waals surface area contributed by atoms with E-state index in [-0.39, 0.29) is 19.3 Å². The number of ether oxygens (including phenoxy) is 2. The number of aromatic amines is 1. The van der Waals surface area contributed by atoms with Gasteiger partial charge in [-0.1, -0.05) is 36.4 Å². The van der Waals surface area contributed by atoms with Gasteiger partial charge in [-0.25, -0.2) is 9.59 Å². The third kappa shape index (κ3) is 6.66. The number of para-hydroxylation sites is 1. The van der Waals surface area contributed by atoms with Gasteiger partial charge >= 0.3 is 17.9 Å². The summed E-state index contributed by atoms with van der Waals surface area (Å²) in [4.78, 5) is 51.1. The minimum atomic E-state index is -1.22. The minimum absolute atomic E-state index is 0.0926. The van der Waals surface area contributed by atoms with Gasteiger partial charge in [-0.3, -0.25) is 9.59 Å². The van der Waals surface area contributed by atoms with Crippen LogP contribution in [0.5, 0.6) is 0 Å². The summed E-state index contributed by atoms with van der Waals surface area (Å²) >= 11 is 0. The number of carboxylic acid groups (broad SMARTS) is 1. The second-order valence-corrected chi connectivity index (χ2v) is 7.55. The van der Waals surface area contributed by atoms with Crippen LogP contribution >= 0.6 is 0 Å². The van der Waals surface area contributed by atoms with Crippen molar-refractivity contribution in [1.29, 1.82) is 0 Å². The highest BCUT2D eigenvalue weighted by molar-refractivity contribution is 5.90. The number of nitrogens with one attached hydrogen (secondary N) is 2. The van der Waals surface area contributed by atoms with E-state index in [9.17, 15) is 19.2 Å². The summed E-state index contributed by atoms with van der Waals surface area (Å²) in [6.07, 6.45) is 1.55. The van der Waals surface area contributed by atoms with Crippen molar-refractivity contribution < 1.29 is 33.8 Å². The molecule has 1 heterocycles. The van der Waals surface area contributed by atoms with Crippen LogP contribution in [0.1, 0.15) is 28.8 Å². The number of carbonyl (C=O) groups excluding carboxylic acids is 3. The van der Waals surface area contributed by atoms with Crippen LogP contribution in [0.3, 0.4) is 0 Å². The lowest BCUT2D eigenvalue weighted by Crippen LogP contribution is -2.44. The first kappa shape index (κ1) is 24.5. The molecule has 0 bridgehead atoms. The van der Waals surface area contributed by atoms with Crippen LogP contribution in [0.25, 0.3) is 10.9 Å². The summed E-state index contributed by atoms with van der Waals surface area (Å²) in [5.74, 6) is -3.24. The number of esters is 2. The molecule has 34 heavy (non-hydrogen) atoms. The molecule has 10 nitrogen and oxygen atoms in total. The van der Waals surface area contributed by atoms with Crippen molar-refractivity contribution in [2.75, 3.05) is 6.79 Å². The topological polar surface area (TPSA) is 161 Å². The number of amides is 1. The maximum atomic E-state index is 12.7. The molecule has 0 radical (unpaired) electrons. The second-order valence-electron chi connectivity index (χ2n) is 7.55. The van der Waals surface area contributed by atoms with Crippen molar-refractivity contribution >= 4 is 34.7 Å². The smallest absolute Gasteiger partial charge is 0.340 e.